The van der Waals surface area contributed by atoms with Gasteiger partial charge in [0.25, 0.3) is 0 Å². The van der Waals surface area contributed by atoms with Crippen molar-refractivity contribution in [3.63, 3.8) is 0 Å². The molecule has 0 radical (unpaired) electrons. The summed E-state index contributed by atoms with van der Waals surface area (Å²) in [5.74, 6) is 0.534. The smallest absolute Gasteiger partial charge is 0.306 e. The van der Waals surface area contributed by atoms with Crippen LogP contribution >= 0.6 is 12.2 Å². The Balaban J connectivity index is 2.35. The van der Waals surface area contributed by atoms with E-state index >= 15 is 0 Å². The van der Waals surface area contributed by atoms with Crippen LogP contribution in [0.1, 0.15) is 39.2 Å². The van der Waals surface area contributed by atoms with Crippen molar-refractivity contribution in [3.05, 3.63) is 23.8 Å². The summed E-state index contributed by atoms with van der Waals surface area (Å²) in [6, 6.07) is 5.83. The van der Waals surface area contributed by atoms with E-state index in [0.29, 0.717) is 24.5 Å². The maximum absolute atomic E-state index is 11.6. The minimum atomic E-state index is -0.441. The second-order valence-electron chi connectivity index (χ2n) is 6.27. The van der Waals surface area contributed by atoms with Gasteiger partial charge >= 0.3 is 5.97 Å². The molecule has 0 saturated carbocycles. The summed E-state index contributed by atoms with van der Waals surface area (Å²) in [5.41, 5.74) is 1.49. The number of rotatable bonds is 6. The summed E-state index contributed by atoms with van der Waals surface area (Å²) in [4.78, 5) is 11.6. The fraction of sp³-hybridized carbons (Fsp3) is 0.529. The molecule has 0 saturated heterocycles. The van der Waals surface area contributed by atoms with Crippen LogP contribution in [0, 0.1) is 6.92 Å². The van der Waals surface area contributed by atoms with Crippen LogP contribution in [0.4, 0.5) is 5.69 Å². The number of carbonyl (C=O) groups excluding carboxylic acids is 1. The number of methoxy groups -OCH3 is 1. The van der Waals surface area contributed by atoms with Crippen LogP contribution in [-0.2, 0) is 9.53 Å². The maximum Gasteiger partial charge on any atom is 0.306 e. The molecule has 0 amide bonds. The third-order valence-electron chi connectivity index (χ3n) is 2.87. The van der Waals surface area contributed by atoms with Gasteiger partial charge in [-0.1, -0.05) is 6.07 Å². The highest BCUT2D eigenvalue weighted by molar-refractivity contribution is 7.80. The van der Waals surface area contributed by atoms with E-state index in [1.165, 1.54) is 0 Å². The molecule has 0 aromatic heterocycles. The summed E-state index contributed by atoms with van der Waals surface area (Å²) in [5, 5.41) is 6.68. The van der Waals surface area contributed by atoms with Gasteiger partial charge in [0.05, 0.1) is 12.8 Å². The molecule has 0 fully saturated rings. The Morgan fingerprint density at radius 3 is 2.61 bits per heavy atom. The minimum Gasteiger partial charge on any atom is -0.495 e. The van der Waals surface area contributed by atoms with Crippen molar-refractivity contribution in [2.24, 2.45) is 0 Å². The van der Waals surface area contributed by atoms with Gasteiger partial charge in [-0.25, -0.2) is 0 Å². The lowest BCUT2D eigenvalue weighted by Crippen LogP contribution is -2.30. The van der Waals surface area contributed by atoms with Gasteiger partial charge in [0.15, 0.2) is 5.11 Å². The number of hydrogen-bond donors (Lipinski definition) is 2. The van der Waals surface area contributed by atoms with E-state index in [-0.39, 0.29) is 5.97 Å². The Morgan fingerprint density at radius 1 is 1.30 bits per heavy atom. The van der Waals surface area contributed by atoms with Gasteiger partial charge in [-0.2, -0.15) is 0 Å². The number of thiocarbonyl (C=S) groups is 1. The normalized spacial score (nSPS) is 10.8. The number of nitrogens with one attached hydrogen (secondary N) is 2. The highest BCUT2D eigenvalue weighted by Gasteiger charge is 2.15. The standard InChI is InChI=1S/C17H26N2O3S/c1-12-8-9-14(21-5)13(11-12)19-16(23)18-10-6-7-15(20)22-17(2,3)4/h8-9,11H,6-7,10H2,1-5H3,(H2,18,19,23). The van der Waals surface area contributed by atoms with E-state index < -0.39 is 5.60 Å². The molecule has 1 rings (SSSR count). The fourth-order valence-electron chi connectivity index (χ4n) is 1.91. The highest BCUT2D eigenvalue weighted by Crippen LogP contribution is 2.24. The van der Waals surface area contributed by atoms with E-state index in [2.05, 4.69) is 10.6 Å². The molecule has 0 aliphatic rings. The first-order chi connectivity index (χ1) is 10.7. The van der Waals surface area contributed by atoms with Crippen molar-refractivity contribution in [2.75, 3.05) is 19.0 Å². The Labute approximate surface area is 143 Å². The van der Waals surface area contributed by atoms with E-state index in [0.717, 1.165) is 17.0 Å². The number of carbonyl (C=O) groups is 1. The number of hydrogen-bond acceptors (Lipinski definition) is 4. The SMILES string of the molecule is COc1ccc(C)cc1NC(=S)NCCCC(=O)OC(C)(C)C. The molecule has 0 heterocycles. The number of aryl methyl sites for hydroxylation is 1. The molecule has 0 atom stereocenters. The van der Waals surface area contributed by atoms with Crippen molar-refractivity contribution < 1.29 is 14.3 Å². The second kappa shape index (κ2) is 8.72. The van der Waals surface area contributed by atoms with Crippen molar-refractivity contribution >= 4 is 29.0 Å². The largest absolute Gasteiger partial charge is 0.495 e. The molecule has 5 nitrogen and oxygen atoms in total. The molecule has 0 bridgehead atoms. The van der Waals surface area contributed by atoms with E-state index in [4.69, 9.17) is 21.7 Å². The molecule has 0 aliphatic heterocycles. The lowest BCUT2D eigenvalue weighted by Gasteiger charge is -2.19. The van der Waals surface area contributed by atoms with Crippen LogP contribution in [0.5, 0.6) is 5.75 Å². The van der Waals surface area contributed by atoms with Crippen molar-refractivity contribution in [1.82, 2.24) is 5.32 Å². The van der Waals surface area contributed by atoms with E-state index in [1.807, 2.05) is 45.9 Å². The van der Waals surface area contributed by atoms with Crippen molar-refractivity contribution in [3.8, 4) is 5.75 Å². The van der Waals surface area contributed by atoms with Gasteiger partial charge in [-0.05, 0) is 64.0 Å². The second-order valence-corrected chi connectivity index (χ2v) is 6.68. The van der Waals surface area contributed by atoms with Crippen LogP contribution in [0.25, 0.3) is 0 Å². The summed E-state index contributed by atoms with van der Waals surface area (Å²) < 4.78 is 10.5. The average Bonchev–Trinajstić information content (AvgIpc) is 2.42. The molecule has 128 valence electrons. The molecular formula is C17H26N2O3S. The van der Waals surface area contributed by atoms with Gasteiger partial charge in [0, 0.05) is 13.0 Å². The quantitative estimate of drug-likeness (QED) is 0.471. The third-order valence-corrected chi connectivity index (χ3v) is 3.11. The number of esters is 1. The highest BCUT2D eigenvalue weighted by atomic mass is 32.1. The first-order valence-corrected chi connectivity index (χ1v) is 8.03. The summed E-state index contributed by atoms with van der Waals surface area (Å²) >= 11 is 5.26. The van der Waals surface area contributed by atoms with Crippen LogP contribution in [-0.4, -0.2) is 30.3 Å². The predicted molar refractivity (Wildman–Crippen MR) is 97.0 cm³/mol. The summed E-state index contributed by atoms with van der Waals surface area (Å²) in [7, 11) is 1.62. The van der Waals surface area contributed by atoms with E-state index in [1.54, 1.807) is 7.11 Å². The Bertz CT molecular complexity index is 553. The van der Waals surface area contributed by atoms with Crippen LogP contribution < -0.4 is 15.4 Å². The zero-order valence-electron chi connectivity index (χ0n) is 14.5. The lowest BCUT2D eigenvalue weighted by molar-refractivity contribution is -0.154. The zero-order valence-corrected chi connectivity index (χ0v) is 15.3. The number of benzene rings is 1. The van der Waals surface area contributed by atoms with Gasteiger partial charge < -0.3 is 20.1 Å². The maximum atomic E-state index is 11.6. The topological polar surface area (TPSA) is 59.6 Å². The first kappa shape index (κ1) is 19.2. The Kier molecular flexibility index (Phi) is 7.29. The minimum absolute atomic E-state index is 0.196. The van der Waals surface area contributed by atoms with Crippen molar-refractivity contribution in [2.45, 2.75) is 46.1 Å². The van der Waals surface area contributed by atoms with Gasteiger partial charge in [0.2, 0.25) is 0 Å². The van der Waals surface area contributed by atoms with Crippen molar-refractivity contribution in [1.29, 1.82) is 0 Å². The van der Waals surface area contributed by atoms with Gasteiger partial charge in [-0.15, -0.1) is 0 Å². The Morgan fingerprint density at radius 2 is 2.00 bits per heavy atom. The molecule has 0 aliphatic carbocycles. The zero-order chi connectivity index (χ0) is 17.5. The van der Waals surface area contributed by atoms with E-state index in [9.17, 15) is 4.79 Å². The van der Waals surface area contributed by atoms with Crippen LogP contribution in [0.3, 0.4) is 0 Å². The molecule has 6 heteroatoms. The fourth-order valence-corrected chi connectivity index (χ4v) is 2.13. The molecule has 0 unspecified atom stereocenters. The average molecular weight is 338 g/mol. The van der Waals surface area contributed by atoms with Gasteiger partial charge in [-0.3, -0.25) is 4.79 Å². The first-order valence-electron chi connectivity index (χ1n) is 7.62. The molecule has 1 aromatic rings. The monoisotopic (exact) mass is 338 g/mol. The Hall–Kier alpha value is -1.82. The summed E-state index contributed by atoms with van der Waals surface area (Å²) in [6.45, 7) is 8.17. The molecule has 1 aromatic carbocycles. The lowest BCUT2D eigenvalue weighted by atomic mass is 10.2. The number of anilines is 1. The third kappa shape index (κ3) is 7.83. The molecule has 23 heavy (non-hydrogen) atoms. The molecule has 2 N–H and O–H groups in total. The summed E-state index contributed by atoms with van der Waals surface area (Å²) in [6.07, 6.45) is 1.02. The predicted octanol–water partition coefficient (Wildman–Crippen LogP) is 3.41. The van der Waals surface area contributed by atoms with Crippen LogP contribution in [0.15, 0.2) is 18.2 Å². The van der Waals surface area contributed by atoms with Gasteiger partial charge in [0.1, 0.15) is 11.4 Å². The van der Waals surface area contributed by atoms with Crippen LogP contribution in [0.2, 0.25) is 0 Å². The number of ether oxygens (including phenoxy) is 2. The molecule has 0 spiro atoms. The molecular weight excluding hydrogens is 312 g/mol.